The Labute approximate surface area is 351 Å². The molecule has 0 saturated carbocycles. The number of hydrogen-bond acceptors (Lipinski definition) is 0. The number of benzene rings is 9. The Morgan fingerprint density at radius 3 is 1.53 bits per heavy atom. The van der Waals surface area contributed by atoms with E-state index in [2.05, 4.69) is 228 Å². The first-order chi connectivity index (χ1) is 29.7. The Bertz CT molecular complexity index is 3310. The molecule has 11 rings (SSSR count). The van der Waals surface area contributed by atoms with Gasteiger partial charge in [0, 0.05) is 32.8 Å². The highest BCUT2D eigenvalue weighted by molar-refractivity contribution is 6.29. The molecule has 2 aromatic heterocycles. The number of rotatable bonds is 9. The van der Waals surface area contributed by atoms with Crippen LogP contribution in [-0.4, -0.2) is 9.13 Å². The predicted molar refractivity (Wildman–Crippen MR) is 255 cm³/mol. The molecule has 0 spiro atoms. The number of unbranched alkanes of at least 4 members (excludes halogenated alkanes) is 1. The van der Waals surface area contributed by atoms with Crippen LogP contribution in [0.4, 0.5) is 0 Å². The lowest BCUT2D eigenvalue weighted by Crippen LogP contribution is -1.97. The molecule has 0 amide bonds. The van der Waals surface area contributed by atoms with Crippen molar-refractivity contribution >= 4 is 43.6 Å². The molecule has 2 nitrogen and oxygen atoms in total. The Kier molecular flexibility index (Phi) is 8.97. The maximum atomic E-state index is 2.48. The summed E-state index contributed by atoms with van der Waals surface area (Å²) in [6.45, 7) is 2.26. The Morgan fingerprint density at radius 2 is 0.850 bits per heavy atom. The van der Waals surface area contributed by atoms with Gasteiger partial charge in [-0.25, -0.2) is 0 Å². The van der Waals surface area contributed by atoms with Crippen LogP contribution in [0.25, 0.3) is 99.5 Å². The van der Waals surface area contributed by atoms with Crippen molar-refractivity contribution in [1.29, 1.82) is 0 Å². The third-order valence-corrected chi connectivity index (χ3v) is 12.3. The molecule has 0 radical (unpaired) electrons. The number of aryl methyl sites for hydroxylation is 1. The third-order valence-electron chi connectivity index (χ3n) is 12.3. The highest BCUT2D eigenvalue weighted by Gasteiger charge is 2.22. The van der Waals surface area contributed by atoms with Gasteiger partial charge in [-0.3, -0.25) is 0 Å². The summed E-state index contributed by atoms with van der Waals surface area (Å²) in [5.41, 5.74) is 18.4. The summed E-state index contributed by atoms with van der Waals surface area (Å²) in [6.07, 6.45) is 3.49. The fourth-order valence-corrected chi connectivity index (χ4v) is 9.47. The number of para-hydroxylation sites is 3. The Morgan fingerprint density at radius 1 is 0.350 bits per heavy atom. The molecule has 286 valence electrons. The lowest BCUT2D eigenvalue weighted by molar-refractivity contribution is 0.795. The minimum Gasteiger partial charge on any atom is -0.309 e. The smallest absolute Gasteiger partial charge is 0.0549 e. The van der Waals surface area contributed by atoms with Gasteiger partial charge < -0.3 is 9.13 Å². The molecule has 0 saturated heterocycles. The first-order valence-corrected chi connectivity index (χ1v) is 21.2. The Balaban J connectivity index is 1.07. The molecule has 0 fully saturated rings. The lowest BCUT2D eigenvalue weighted by atomic mass is 9.91. The van der Waals surface area contributed by atoms with Gasteiger partial charge in [-0.15, -0.1) is 0 Å². The van der Waals surface area contributed by atoms with E-state index in [0.717, 1.165) is 12.1 Å². The van der Waals surface area contributed by atoms with Crippen LogP contribution in [0.15, 0.2) is 212 Å². The van der Waals surface area contributed by atoms with Gasteiger partial charge in [0.2, 0.25) is 0 Å². The summed E-state index contributed by atoms with van der Waals surface area (Å²) in [5.74, 6) is 0. The first-order valence-electron chi connectivity index (χ1n) is 21.2. The SMILES string of the molecule is CCCCc1ccc(-c2ccc(-n3c4ccccc4c4c5c6ccccc6n(-c6ccccc6-c6ccc(-c7ccccc7)cc6)c5ccc43)cc2)c(-c2ccccc2)c1. The van der Waals surface area contributed by atoms with E-state index in [-0.39, 0.29) is 0 Å². The standard InChI is InChI=1S/C58H44N2/c1-2-3-16-40-27-36-47(51(39-40)43-19-8-5-9-20-43)44-32-34-46(35-33-44)59-53-25-14-11-22-49(53)57-55(59)37-38-56-58(57)50-23-12-15-26-54(50)60(56)52-24-13-10-21-48(52)45-30-28-42(29-31-45)41-17-6-4-7-18-41/h4-15,17-39H,2-3,16H2,1H3. The molecule has 0 aliphatic carbocycles. The molecule has 2 heterocycles. The summed E-state index contributed by atoms with van der Waals surface area (Å²) in [5, 5.41) is 5.06. The van der Waals surface area contributed by atoms with E-state index >= 15 is 0 Å². The largest absolute Gasteiger partial charge is 0.309 e. The average molecular weight is 769 g/mol. The van der Waals surface area contributed by atoms with Crippen LogP contribution in [0.2, 0.25) is 0 Å². The second kappa shape index (κ2) is 15.1. The molecule has 11 aromatic rings. The molecular formula is C58H44N2. The molecule has 9 aromatic carbocycles. The van der Waals surface area contributed by atoms with E-state index in [1.165, 1.54) is 112 Å². The Hall–Kier alpha value is -7.42. The minimum absolute atomic E-state index is 1.10. The van der Waals surface area contributed by atoms with Gasteiger partial charge in [-0.05, 0) is 99.8 Å². The van der Waals surface area contributed by atoms with Gasteiger partial charge in [-0.1, -0.05) is 183 Å². The molecule has 0 atom stereocenters. The third kappa shape index (κ3) is 6.03. The second-order valence-corrected chi connectivity index (χ2v) is 15.9. The van der Waals surface area contributed by atoms with Gasteiger partial charge >= 0.3 is 0 Å². The van der Waals surface area contributed by atoms with Gasteiger partial charge in [0.1, 0.15) is 0 Å². The molecular weight excluding hydrogens is 725 g/mol. The summed E-state index contributed by atoms with van der Waals surface area (Å²) in [7, 11) is 0. The topological polar surface area (TPSA) is 9.86 Å². The van der Waals surface area contributed by atoms with E-state index in [1.807, 2.05) is 0 Å². The highest BCUT2D eigenvalue weighted by atomic mass is 15.0. The first kappa shape index (κ1) is 35.7. The molecule has 60 heavy (non-hydrogen) atoms. The molecule has 0 N–H and O–H groups in total. The lowest BCUT2D eigenvalue weighted by Gasteiger charge is -2.15. The molecule has 2 heteroatoms. The van der Waals surface area contributed by atoms with Crippen LogP contribution in [0.1, 0.15) is 25.3 Å². The van der Waals surface area contributed by atoms with E-state index in [1.54, 1.807) is 0 Å². The number of aromatic nitrogens is 2. The quantitative estimate of drug-likeness (QED) is 0.138. The van der Waals surface area contributed by atoms with Crippen LogP contribution >= 0.6 is 0 Å². The number of fused-ring (bicyclic) bond motifs is 7. The second-order valence-electron chi connectivity index (χ2n) is 15.9. The van der Waals surface area contributed by atoms with Crippen LogP contribution in [0.5, 0.6) is 0 Å². The maximum Gasteiger partial charge on any atom is 0.0549 e. The fraction of sp³-hybridized carbons (Fsp3) is 0.0690. The maximum absolute atomic E-state index is 2.48. The van der Waals surface area contributed by atoms with Crippen molar-refractivity contribution in [3.05, 3.63) is 218 Å². The van der Waals surface area contributed by atoms with Gasteiger partial charge in [0.05, 0.1) is 27.8 Å². The molecule has 0 bridgehead atoms. The van der Waals surface area contributed by atoms with Crippen molar-refractivity contribution in [2.24, 2.45) is 0 Å². The van der Waals surface area contributed by atoms with Crippen molar-refractivity contribution in [1.82, 2.24) is 9.13 Å². The van der Waals surface area contributed by atoms with Crippen LogP contribution in [-0.2, 0) is 6.42 Å². The zero-order valence-corrected chi connectivity index (χ0v) is 33.7. The van der Waals surface area contributed by atoms with E-state index in [4.69, 9.17) is 0 Å². The zero-order valence-electron chi connectivity index (χ0n) is 33.7. The zero-order chi connectivity index (χ0) is 40.0. The van der Waals surface area contributed by atoms with Crippen molar-refractivity contribution in [3.8, 4) is 55.9 Å². The van der Waals surface area contributed by atoms with E-state index in [0.29, 0.717) is 0 Å². The van der Waals surface area contributed by atoms with Crippen molar-refractivity contribution in [2.75, 3.05) is 0 Å². The fourth-order valence-electron chi connectivity index (χ4n) is 9.47. The van der Waals surface area contributed by atoms with Crippen LogP contribution in [0, 0.1) is 0 Å². The van der Waals surface area contributed by atoms with E-state index < -0.39 is 0 Å². The summed E-state index contributed by atoms with van der Waals surface area (Å²) < 4.78 is 4.93. The summed E-state index contributed by atoms with van der Waals surface area (Å²) in [4.78, 5) is 0. The monoisotopic (exact) mass is 768 g/mol. The van der Waals surface area contributed by atoms with Crippen molar-refractivity contribution < 1.29 is 0 Å². The number of hydrogen-bond donors (Lipinski definition) is 0. The summed E-state index contributed by atoms with van der Waals surface area (Å²) >= 11 is 0. The molecule has 0 aliphatic rings. The highest BCUT2D eigenvalue weighted by Crippen LogP contribution is 2.44. The van der Waals surface area contributed by atoms with Gasteiger partial charge in [0.25, 0.3) is 0 Å². The van der Waals surface area contributed by atoms with Crippen LogP contribution < -0.4 is 0 Å². The normalized spacial score (nSPS) is 11.6. The molecule has 0 unspecified atom stereocenters. The van der Waals surface area contributed by atoms with E-state index in [9.17, 15) is 0 Å². The van der Waals surface area contributed by atoms with Gasteiger partial charge in [-0.2, -0.15) is 0 Å². The minimum atomic E-state index is 1.10. The predicted octanol–water partition coefficient (Wildman–Crippen LogP) is 15.9. The van der Waals surface area contributed by atoms with Crippen molar-refractivity contribution in [3.63, 3.8) is 0 Å². The molecule has 0 aliphatic heterocycles. The average Bonchev–Trinajstić information content (AvgIpc) is 3.84. The number of nitrogens with zero attached hydrogens (tertiary/aromatic N) is 2. The van der Waals surface area contributed by atoms with Gasteiger partial charge in [0.15, 0.2) is 0 Å². The summed E-state index contributed by atoms with van der Waals surface area (Å²) in [6, 6.07) is 78.0. The van der Waals surface area contributed by atoms with Crippen molar-refractivity contribution in [2.45, 2.75) is 26.2 Å². The van der Waals surface area contributed by atoms with Crippen LogP contribution in [0.3, 0.4) is 0 Å².